The van der Waals surface area contributed by atoms with Crippen molar-refractivity contribution in [2.75, 3.05) is 18.5 Å². The number of aliphatic hydroxyl groups excluding tert-OH is 1. The molecule has 33 heavy (non-hydrogen) atoms. The number of nitrogens with zero attached hydrogens (tertiary/aromatic N) is 4. The highest BCUT2D eigenvalue weighted by Gasteiger charge is 2.34. The highest BCUT2D eigenvalue weighted by atomic mass is 32.2. The molecule has 1 saturated carbocycles. The number of hydrogen-bond acceptors (Lipinski definition) is 7. The second kappa shape index (κ2) is 8.30. The zero-order valence-electron chi connectivity index (χ0n) is 17.9. The van der Waals surface area contributed by atoms with Crippen molar-refractivity contribution >= 4 is 32.4 Å². The van der Waals surface area contributed by atoms with E-state index in [2.05, 4.69) is 16.4 Å². The number of nitrogens with one attached hydrogen (secondary N) is 2. The predicted octanol–water partition coefficient (Wildman–Crippen LogP) is 2.22. The van der Waals surface area contributed by atoms with Crippen molar-refractivity contribution in [1.82, 2.24) is 19.1 Å². The van der Waals surface area contributed by atoms with Gasteiger partial charge in [-0.2, -0.15) is 14.7 Å². The first-order valence-corrected chi connectivity index (χ1v) is 12.4. The van der Waals surface area contributed by atoms with E-state index in [9.17, 15) is 23.6 Å². The molecule has 3 N–H and O–H groups in total. The lowest BCUT2D eigenvalue weighted by Crippen LogP contribution is -2.27. The molecule has 0 saturated heterocycles. The van der Waals surface area contributed by atoms with Gasteiger partial charge in [0.1, 0.15) is 5.39 Å². The van der Waals surface area contributed by atoms with E-state index in [0.29, 0.717) is 28.0 Å². The van der Waals surface area contributed by atoms with Gasteiger partial charge in [0.2, 0.25) is 10.0 Å². The predicted molar refractivity (Wildman–Crippen MR) is 121 cm³/mol. The number of aromatic nitrogens is 3. The maximum absolute atomic E-state index is 12.7. The van der Waals surface area contributed by atoms with Gasteiger partial charge in [-0.3, -0.25) is 9.48 Å². The van der Waals surface area contributed by atoms with Crippen LogP contribution in [0.2, 0.25) is 0 Å². The summed E-state index contributed by atoms with van der Waals surface area (Å²) in [7, 11) is -3.62. The first-order valence-electron chi connectivity index (χ1n) is 10.9. The van der Waals surface area contributed by atoms with Crippen LogP contribution >= 0.6 is 0 Å². The summed E-state index contributed by atoms with van der Waals surface area (Å²) in [5.41, 5.74) is 1.59. The Morgan fingerprint density at radius 3 is 2.88 bits per heavy atom. The molecule has 2 atom stereocenters. The van der Waals surface area contributed by atoms with Crippen LogP contribution in [0, 0.1) is 17.2 Å². The van der Waals surface area contributed by atoms with E-state index in [-0.39, 0.29) is 42.1 Å². The molecule has 2 aliphatic rings. The number of aromatic amines is 1. The highest BCUT2D eigenvalue weighted by Crippen LogP contribution is 2.37. The third-order valence-electron chi connectivity index (χ3n) is 6.48. The Bertz CT molecular complexity index is 1420. The van der Waals surface area contributed by atoms with Crippen molar-refractivity contribution in [3.63, 3.8) is 0 Å². The molecule has 10 nitrogen and oxygen atoms in total. The van der Waals surface area contributed by atoms with Crippen LogP contribution in [-0.2, 0) is 16.6 Å². The van der Waals surface area contributed by atoms with E-state index in [1.165, 1.54) is 10.4 Å². The molecule has 2 unspecified atom stereocenters. The molecule has 0 radical (unpaired) electrons. The quantitative estimate of drug-likeness (QED) is 0.521. The number of sulfonamides is 1. The molecule has 3 heterocycles. The molecule has 1 aromatic carbocycles. The van der Waals surface area contributed by atoms with Gasteiger partial charge in [-0.05, 0) is 42.7 Å². The average Bonchev–Trinajstić information content (AvgIpc) is 3.29. The van der Waals surface area contributed by atoms with Crippen LogP contribution in [0.4, 0.5) is 11.5 Å². The third-order valence-corrected chi connectivity index (χ3v) is 8.42. The van der Waals surface area contributed by atoms with Crippen LogP contribution in [0.25, 0.3) is 10.9 Å². The number of anilines is 2. The van der Waals surface area contributed by atoms with Crippen LogP contribution in [0.3, 0.4) is 0 Å². The van der Waals surface area contributed by atoms with E-state index < -0.39 is 10.0 Å². The second-order valence-corrected chi connectivity index (χ2v) is 10.4. The number of pyridine rings is 1. The molecule has 0 spiro atoms. The minimum Gasteiger partial charge on any atom is -0.395 e. The summed E-state index contributed by atoms with van der Waals surface area (Å²) in [4.78, 5) is 15.6. The first kappa shape index (κ1) is 21.6. The maximum atomic E-state index is 12.7. The summed E-state index contributed by atoms with van der Waals surface area (Å²) in [6, 6.07) is 8.97. The van der Waals surface area contributed by atoms with Crippen LogP contribution in [0.15, 0.2) is 40.2 Å². The Morgan fingerprint density at radius 1 is 1.27 bits per heavy atom. The van der Waals surface area contributed by atoms with Crippen LogP contribution < -0.4 is 10.9 Å². The fraction of sp³-hybridized carbons (Fsp3) is 0.409. The van der Waals surface area contributed by atoms with Crippen molar-refractivity contribution in [2.24, 2.45) is 5.92 Å². The molecule has 0 amide bonds. The van der Waals surface area contributed by atoms with Crippen LogP contribution in [-0.4, -0.2) is 45.7 Å². The molecule has 172 valence electrons. The number of benzene rings is 1. The molecule has 0 bridgehead atoms. The lowest BCUT2D eigenvalue weighted by Gasteiger charge is -2.27. The number of hydrogen-bond donors (Lipinski definition) is 3. The SMILES string of the molecule is N#CC1CCCCC1n1nc(Nc2ccc3c(c2)CN(CCO)S3(=O)=O)c2c(=O)[nH]ccc21. The van der Waals surface area contributed by atoms with Crippen molar-refractivity contribution in [3.8, 4) is 6.07 Å². The van der Waals surface area contributed by atoms with Crippen molar-refractivity contribution in [2.45, 2.75) is 43.2 Å². The smallest absolute Gasteiger partial charge is 0.261 e. The Kier molecular flexibility index (Phi) is 5.44. The molecular weight excluding hydrogens is 444 g/mol. The fourth-order valence-corrected chi connectivity index (χ4v) is 6.49. The van der Waals surface area contributed by atoms with Gasteiger partial charge in [-0.1, -0.05) is 12.8 Å². The zero-order valence-corrected chi connectivity index (χ0v) is 18.7. The van der Waals surface area contributed by atoms with Gasteiger partial charge < -0.3 is 15.4 Å². The molecule has 2 aromatic heterocycles. The number of β-amino-alcohol motifs (C(OH)–C–C–N with tert-alkyl or cyclic N) is 1. The summed E-state index contributed by atoms with van der Waals surface area (Å²) in [6.45, 7) is -0.0452. The van der Waals surface area contributed by atoms with Gasteiger partial charge in [0.05, 0.1) is 35.0 Å². The monoisotopic (exact) mass is 468 g/mol. The normalized spacial score (nSPS) is 22.2. The number of aliphatic hydroxyl groups is 1. The van der Waals surface area contributed by atoms with Crippen LogP contribution in [0.1, 0.15) is 37.3 Å². The van der Waals surface area contributed by atoms with Crippen molar-refractivity contribution in [3.05, 3.63) is 46.4 Å². The number of nitriles is 1. The summed E-state index contributed by atoms with van der Waals surface area (Å²) in [5.74, 6) is 0.193. The van der Waals surface area contributed by atoms with Gasteiger partial charge in [0.25, 0.3) is 5.56 Å². The molecule has 1 aliphatic heterocycles. The Morgan fingerprint density at radius 2 is 2.09 bits per heavy atom. The second-order valence-electron chi connectivity index (χ2n) is 8.46. The van der Waals surface area contributed by atoms with E-state index in [0.717, 1.165) is 25.7 Å². The number of rotatable bonds is 5. The standard InChI is InChI=1S/C22H24N6O4S/c23-12-14-3-1-2-4-17(14)28-18-7-8-24-22(30)20(18)21(26-28)25-16-5-6-19-15(11-16)13-27(9-10-29)33(19,31)32/h5-8,11,14,17,29H,1-4,9-10,13H2,(H,24,30)(H,25,26). The van der Waals surface area contributed by atoms with E-state index in [1.54, 1.807) is 29.1 Å². The van der Waals surface area contributed by atoms with Crippen LogP contribution in [0.5, 0.6) is 0 Å². The summed E-state index contributed by atoms with van der Waals surface area (Å²) >= 11 is 0. The summed E-state index contributed by atoms with van der Waals surface area (Å²) in [5, 5.41) is 27.1. The highest BCUT2D eigenvalue weighted by molar-refractivity contribution is 7.89. The van der Waals surface area contributed by atoms with Gasteiger partial charge in [0.15, 0.2) is 5.82 Å². The molecular formula is C22H24N6O4S. The third kappa shape index (κ3) is 3.60. The number of fused-ring (bicyclic) bond motifs is 2. The lowest BCUT2D eigenvalue weighted by molar-refractivity contribution is 0.254. The Hall–Kier alpha value is -3.20. The fourth-order valence-electron chi connectivity index (χ4n) is 4.89. The van der Waals surface area contributed by atoms with Gasteiger partial charge in [0, 0.05) is 25.0 Å². The van der Waals surface area contributed by atoms with E-state index in [1.807, 2.05) is 0 Å². The van der Waals surface area contributed by atoms with Gasteiger partial charge in [-0.15, -0.1) is 0 Å². The van der Waals surface area contributed by atoms with Crippen molar-refractivity contribution in [1.29, 1.82) is 5.26 Å². The Balaban J connectivity index is 1.54. The van der Waals surface area contributed by atoms with E-state index >= 15 is 0 Å². The lowest BCUT2D eigenvalue weighted by atomic mass is 9.85. The molecule has 5 rings (SSSR count). The maximum Gasteiger partial charge on any atom is 0.261 e. The summed E-state index contributed by atoms with van der Waals surface area (Å²) < 4.78 is 28.2. The zero-order chi connectivity index (χ0) is 23.2. The molecule has 1 aliphatic carbocycles. The molecule has 11 heteroatoms. The largest absolute Gasteiger partial charge is 0.395 e. The Labute approximate surface area is 190 Å². The van der Waals surface area contributed by atoms with E-state index in [4.69, 9.17) is 5.10 Å². The number of H-pyrrole nitrogens is 1. The topological polar surface area (TPSA) is 144 Å². The minimum atomic E-state index is -3.62. The first-order chi connectivity index (χ1) is 15.9. The summed E-state index contributed by atoms with van der Waals surface area (Å²) in [6.07, 6.45) is 5.20. The minimum absolute atomic E-state index is 0.0334. The average molecular weight is 469 g/mol. The van der Waals surface area contributed by atoms with Gasteiger partial charge in [-0.25, -0.2) is 8.42 Å². The molecule has 3 aromatic rings. The molecule has 1 fully saturated rings. The van der Waals surface area contributed by atoms with Gasteiger partial charge >= 0.3 is 0 Å². The van der Waals surface area contributed by atoms with Crippen molar-refractivity contribution < 1.29 is 13.5 Å².